The molecule has 0 aromatic rings. The second kappa shape index (κ2) is 54.4. The van der Waals surface area contributed by atoms with Gasteiger partial charge in [-0.15, -0.1) is 0 Å². The number of hydrogen-bond donors (Lipinski definition) is 4. The van der Waals surface area contributed by atoms with Gasteiger partial charge in [0.2, 0.25) is 0 Å². The van der Waals surface area contributed by atoms with Gasteiger partial charge in [-0.05, 0) is 109 Å². The highest BCUT2D eigenvalue weighted by Crippen LogP contribution is 2.23. The van der Waals surface area contributed by atoms with Gasteiger partial charge < -0.3 is 39.4 Å². The summed E-state index contributed by atoms with van der Waals surface area (Å²) in [6.45, 7) is 4.38. The summed E-state index contributed by atoms with van der Waals surface area (Å²) >= 11 is 0. The summed E-state index contributed by atoms with van der Waals surface area (Å²) in [6.07, 6.45) is 72.4. The molecular weight excluding hydrogens is 925 g/mol. The van der Waals surface area contributed by atoms with E-state index >= 15 is 0 Å². The molecule has 0 amide bonds. The Hall–Kier alpha value is -3.41. The van der Waals surface area contributed by atoms with Crippen molar-refractivity contribution in [2.75, 3.05) is 26.4 Å². The molecule has 9 nitrogen and oxygen atoms in total. The van der Waals surface area contributed by atoms with Crippen LogP contribution in [-0.4, -0.2) is 89.6 Å². The van der Waals surface area contributed by atoms with Gasteiger partial charge in [0.05, 0.1) is 19.8 Å². The smallest absolute Gasteiger partial charge is 0.306 e. The summed E-state index contributed by atoms with van der Waals surface area (Å²) in [4.78, 5) is 12.9. The maximum Gasteiger partial charge on any atom is 0.306 e. The summed E-state index contributed by atoms with van der Waals surface area (Å²) in [5.41, 5.74) is 0. The van der Waals surface area contributed by atoms with E-state index in [1.807, 2.05) is 0 Å². The van der Waals surface area contributed by atoms with Crippen molar-refractivity contribution in [2.45, 2.75) is 256 Å². The van der Waals surface area contributed by atoms with Crippen LogP contribution in [0, 0.1) is 0 Å². The molecule has 1 aliphatic heterocycles. The van der Waals surface area contributed by atoms with Crippen LogP contribution in [0.15, 0.2) is 122 Å². The molecule has 1 fully saturated rings. The summed E-state index contributed by atoms with van der Waals surface area (Å²) in [6, 6.07) is 0. The number of carbonyl (C=O) groups excluding carboxylic acids is 1. The molecule has 1 heterocycles. The molecule has 6 unspecified atom stereocenters. The SMILES string of the molecule is CC/C=C\C/C=C\C/C=C\C/C=C\C/C=C\C/C=C\C/C=C\CCCCCC(=O)OC(COCCCCCCCCCCCCC/C=C\C/C=C\C/C=C\CCCCCCC)COC1OC(CO)C(O)C(O)C1O. The molecule has 0 bridgehead atoms. The zero-order chi connectivity index (χ0) is 53.5. The predicted molar refractivity (Wildman–Crippen MR) is 311 cm³/mol. The molecular formula is C65H108O9. The van der Waals surface area contributed by atoms with E-state index in [2.05, 4.69) is 135 Å². The van der Waals surface area contributed by atoms with Crippen molar-refractivity contribution < 1.29 is 44.2 Å². The van der Waals surface area contributed by atoms with Crippen LogP contribution in [0.25, 0.3) is 0 Å². The van der Waals surface area contributed by atoms with Gasteiger partial charge in [-0.2, -0.15) is 0 Å². The standard InChI is InChI=1S/C65H108O9/c1-3-5-7-9-11-13-15-17-19-21-23-25-27-29-31-33-35-37-39-41-43-45-47-49-51-53-55-71-57-59(58-72-65-64(70)63(69)62(68)60(56-66)74-65)73-61(67)54-52-50-48-46-44-42-40-38-36-34-32-30-28-26-24-22-20-18-16-14-12-10-8-6-4-2/h6,8,12,14-15,17-18,20-21,23-24,26-27,29-30,32,36,38,42,44,59-60,62-66,68-70H,3-5,7,9-11,13,16,19,22,25,28,31,33-35,37,39-41,43,45-58H2,1-2H3/b8-6-,14-12-,17-15-,20-18-,23-21-,26-24-,29-27-,32-30-,38-36-,44-42-. The number of carbonyl (C=O) groups is 1. The van der Waals surface area contributed by atoms with E-state index in [0.29, 0.717) is 13.0 Å². The minimum absolute atomic E-state index is 0.121. The lowest BCUT2D eigenvalue weighted by atomic mass is 9.99. The Morgan fingerprint density at radius 1 is 0.446 bits per heavy atom. The van der Waals surface area contributed by atoms with Crippen molar-refractivity contribution >= 4 is 5.97 Å². The Balaban J connectivity index is 2.20. The number of allylic oxidation sites excluding steroid dienone is 20. The molecule has 0 saturated carbocycles. The minimum atomic E-state index is -1.55. The monoisotopic (exact) mass is 1030 g/mol. The molecule has 1 aliphatic rings. The molecule has 0 aromatic carbocycles. The molecule has 0 spiro atoms. The molecule has 74 heavy (non-hydrogen) atoms. The molecule has 9 heteroatoms. The lowest BCUT2D eigenvalue weighted by Gasteiger charge is -2.39. The molecule has 4 N–H and O–H groups in total. The molecule has 1 saturated heterocycles. The second-order valence-corrected chi connectivity index (χ2v) is 19.7. The summed E-state index contributed by atoms with van der Waals surface area (Å²) < 4.78 is 22.9. The van der Waals surface area contributed by atoms with E-state index in [-0.39, 0.29) is 25.6 Å². The fourth-order valence-electron chi connectivity index (χ4n) is 8.30. The quantitative estimate of drug-likeness (QED) is 0.0267. The van der Waals surface area contributed by atoms with E-state index in [0.717, 1.165) is 89.9 Å². The van der Waals surface area contributed by atoms with E-state index in [1.54, 1.807) is 0 Å². The van der Waals surface area contributed by atoms with Gasteiger partial charge in [0.15, 0.2) is 6.29 Å². The summed E-state index contributed by atoms with van der Waals surface area (Å²) in [5, 5.41) is 40.4. The Bertz CT molecular complexity index is 1550. The third kappa shape index (κ3) is 43.8. The van der Waals surface area contributed by atoms with Crippen LogP contribution in [0.1, 0.15) is 219 Å². The number of rotatable bonds is 50. The number of aliphatic hydroxyl groups excluding tert-OH is 4. The van der Waals surface area contributed by atoms with Crippen LogP contribution < -0.4 is 0 Å². The van der Waals surface area contributed by atoms with E-state index in [1.165, 1.54) is 103 Å². The predicted octanol–water partition coefficient (Wildman–Crippen LogP) is 15.8. The van der Waals surface area contributed by atoms with Crippen molar-refractivity contribution in [1.29, 1.82) is 0 Å². The average molecular weight is 1030 g/mol. The van der Waals surface area contributed by atoms with Crippen LogP contribution in [0.5, 0.6) is 0 Å². The van der Waals surface area contributed by atoms with Gasteiger partial charge in [-0.25, -0.2) is 0 Å². The van der Waals surface area contributed by atoms with Gasteiger partial charge in [0.25, 0.3) is 0 Å². The van der Waals surface area contributed by atoms with Gasteiger partial charge in [-0.1, -0.05) is 225 Å². The summed E-state index contributed by atoms with van der Waals surface area (Å²) in [5.74, 6) is -0.349. The first kappa shape index (κ1) is 68.6. The van der Waals surface area contributed by atoms with E-state index in [9.17, 15) is 25.2 Å². The Kier molecular flexibility index (Phi) is 50.4. The Morgan fingerprint density at radius 3 is 1.24 bits per heavy atom. The van der Waals surface area contributed by atoms with Gasteiger partial charge in [0.1, 0.15) is 30.5 Å². The maximum atomic E-state index is 12.9. The third-order valence-corrected chi connectivity index (χ3v) is 12.9. The highest BCUT2D eigenvalue weighted by atomic mass is 16.7. The second-order valence-electron chi connectivity index (χ2n) is 19.7. The van der Waals surface area contributed by atoms with Crippen LogP contribution in [-0.2, 0) is 23.7 Å². The summed E-state index contributed by atoms with van der Waals surface area (Å²) in [7, 11) is 0. The fraction of sp³-hybridized carbons (Fsp3) is 0.677. The van der Waals surface area contributed by atoms with E-state index in [4.69, 9.17) is 18.9 Å². The number of unbranched alkanes of at least 4 members (excludes halogenated alkanes) is 19. The van der Waals surface area contributed by atoms with Crippen molar-refractivity contribution in [1.82, 2.24) is 0 Å². The highest BCUT2D eigenvalue weighted by molar-refractivity contribution is 5.69. The topological polar surface area (TPSA) is 135 Å². The van der Waals surface area contributed by atoms with E-state index < -0.39 is 43.4 Å². The average Bonchev–Trinajstić information content (AvgIpc) is 3.40. The molecule has 6 atom stereocenters. The minimum Gasteiger partial charge on any atom is -0.457 e. The van der Waals surface area contributed by atoms with Crippen LogP contribution in [0.3, 0.4) is 0 Å². The molecule has 0 aromatic heterocycles. The molecule has 0 radical (unpaired) electrons. The number of aliphatic hydroxyl groups is 4. The van der Waals surface area contributed by atoms with Crippen LogP contribution in [0.4, 0.5) is 0 Å². The molecule has 1 rings (SSSR count). The number of hydrogen-bond acceptors (Lipinski definition) is 9. The van der Waals surface area contributed by atoms with Gasteiger partial charge in [0, 0.05) is 13.0 Å². The fourth-order valence-corrected chi connectivity index (χ4v) is 8.30. The number of esters is 1. The largest absolute Gasteiger partial charge is 0.457 e. The molecule has 422 valence electrons. The normalized spacial score (nSPS) is 19.5. The Labute approximate surface area is 452 Å². The highest BCUT2D eigenvalue weighted by Gasteiger charge is 2.44. The van der Waals surface area contributed by atoms with Crippen molar-refractivity contribution in [3.8, 4) is 0 Å². The van der Waals surface area contributed by atoms with Crippen molar-refractivity contribution in [3.05, 3.63) is 122 Å². The first-order chi connectivity index (χ1) is 36.4. The third-order valence-electron chi connectivity index (χ3n) is 12.9. The first-order valence-corrected chi connectivity index (χ1v) is 29.6. The zero-order valence-electron chi connectivity index (χ0n) is 46.8. The molecule has 0 aliphatic carbocycles. The Morgan fingerprint density at radius 2 is 0.824 bits per heavy atom. The number of ether oxygens (including phenoxy) is 4. The zero-order valence-corrected chi connectivity index (χ0v) is 46.8. The first-order valence-electron chi connectivity index (χ1n) is 29.6. The van der Waals surface area contributed by atoms with Crippen molar-refractivity contribution in [2.24, 2.45) is 0 Å². The maximum absolute atomic E-state index is 12.9. The van der Waals surface area contributed by atoms with Gasteiger partial charge in [-0.3, -0.25) is 4.79 Å². The lowest BCUT2D eigenvalue weighted by Crippen LogP contribution is -2.59. The van der Waals surface area contributed by atoms with Gasteiger partial charge >= 0.3 is 5.97 Å². The van der Waals surface area contributed by atoms with Crippen molar-refractivity contribution in [3.63, 3.8) is 0 Å². The van der Waals surface area contributed by atoms with Crippen LogP contribution in [0.2, 0.25) is 0 Å². The van der Waals surface area contributed by atoms with Crippen LogP contribution >= 0.6 is 0 Å². The lowest BCUT2D eigenvalue weighted by molar-refractivity contribution is -0.305.